The van der Waals surface area contributed by atoms with Gasteiger partial charge in [0.2, 0.25) is 0 Å². The monoisotopic (exact) mass is 285 g/mol. The van der Waals surface area contributed by atoms with E-state index >= 15 is 0 Å². The molecule has 5 heteroatoms. The summed E-state index contributed by atoms with van der Waals surface area (Å²) in [6.45, 7) is 8.14. The van der Waals surface area contributed by atoms with Gasteiger partial charge in [0.05, 0.1) is 6.54 Å². The lowest BCUT2D eigenvalue weighted by molar-refractivity contribution is 0.209. The number of rotatable bonds is 6. The van der Waals surface area contributed by atoms with E-state index in [-0.39, 0.29) is 0 Å². The average Bonchev–Trinajstić information content (AvgIpc) is 2.95. The summed E-state index contributed by atoms with van der Waals surface area (Å²) in [5.74, 6) is 1.07. The van der Waals surface area contributed by atoms with Crippen LogP contribution in [0.25, 0.3) is 0 Å². The molecule has 2 aromatic rings. The number of aromatic nitrogens is 3. The van der Waals surface area contributed by atoms with E-state index in [1.807, 2.05) is 6.33 Å². The minimum Gasteiger partial charge on any atom is -0.315 e. The molecule has 1 N–H and O–H groups in total. The van der Waals surface area contributed by atoms with Crippen molar-refractivity contribution in [3.05, 3.63) is 47.5 Å². The third kappa shape index (κ3) is 3.68. The molecule has 1 aromatic carbocycles. The highest BCUT2D eigenvalue weighted by atomic mass is 15.3. The van der Waals surface area contributed by atoms with Gasteiger partial charge in [-0.05, 0) is 24.1 Å². The maximum absolute atomic E-state index is 4.18. The van der Waals surface area contributed by atoms with Gasteiger partial charge in [0.15, 0.2) is 0 Å². The minimum atomic E-state index is 0.887. The highest BCUT2D eigenvalue weighted by Gasteiger charge is 2.17. The summed E-state index contributed by atoms with van der Waals surface area (Å²) < 4.78 is 2.14. The van der Waals surface area contributed by atoms with Gasteiger partial charge >= 0.3 is 0 Å². The molecular formula is C16H23N5. The highest BCUT2D eigenvalue weighted by molar-refractivity contribution is 5.23. The van der Waals surface area contributed by atoms with E-state index in [0.717, 1.165) is 45.1 Å². The lowest BCUT2D eigenvalue weighted by Crippen LogP contribution is -2.33. The smallest absolute Gasteiger partial charge is 0.147 e. The second kappa shape index (κ2) is 6.83. The van der Waals surface area contributed by atoms with Crippen molar-refractivity contribution in [2.75, 3.05) is 13.1 Å². The van der Waals surface area contributed by atoms with Crippen LogP contribution in [0.3, 0.4) is 0 Å². The number of nitrogens with one attached hydrogen (secondary N) is 1. The van der Waals surface area contributed by atoms with Gasteiger partial charge < -0.3 is 9.88 Å². The van der Waals surface area contributed by atoms with Crippen molar-refractivity contribution in [1.82, 2.24) is 25.0 Å². The van der Waals surface area contributed by atoms with Crippen molar-refractivity contribution >= 4 is 0 Å². The van der Waals surface area contributed by atoms with Crippen LogP contribution < -0.4 is 5.32 Å². The molecule has 1 aliphatic heterocycles. The van der Waals surface area contributed by atoms with Crippen LogP contribution in [0, 0.1) is 0 Å². The van der Waals surface area contributed by atoms with Crippen LogP contribution in [0.15, 0.2) is 30.6 Å². The molecule has 3 rings (SSSR count). The first-order valence-corrected chi connectivity index (χ1v) is 7.72. The van der Waals surface area contributed by atoms with Crippen LogP contribution >= 0.6 is 0 Å². The lowest BCUT2D eigenvalue weighted by atomic mass is 10.1. The Morgan fingerprint density at radius 2 is 2.14 bits per heavy atom. The van der Waals surface area contributed by atoms with Crippen molar-refractivity contribution in [1.29, 1.82) is 0 Å². The maximum atomic E-state index is 4.18. The minimum absolute atomic E-state index is 0.887. The zero-order chi connectivity index (χ0) is 14.5. The van der Waals surface area contributed by atoms with Crippen molar-refractivity contribution in [2.45, 2.75) is 39.5 Å². The number of nitrogens with zero attached hydrogens (tertiary/aromatic N) is 4. The molecule has 0 atom stereocenters. The Morgan fingerprint density at radius 1 is 1.24 bits per heavy atom. The standard InChI is InChI=1S/C16H23N5/c1-2-6-17-10-14-4-3-5-15(9-14)11-20-7-8-21-13-18-19-16(21)12-20/h3-5,9,13,17H,2,6-8,10-12H2,1H3. The Morgan fingerprint density at radius 3 is 3.05 bits per heavy atom. The Bertz CT molecular complexity index is 578. The van der Waals surface area contributed by atoms with E-state index in [1.165, 1.54) is 17.5 Å². The molecule has 0 amide bonds. The fraction of sp³-hybridized carbons (Fsp3) is 0.500. The molecule has 0 saturated heterocycles. The molecule has 5 nitrogen and oxygen atoms in total. The molecule has 0 spiro atoms. The summed E-state index contributed by atoms with van der Waals surface area (Å²) in [7, 11) is 0. The van der Waals surface area contributed by atoms with Crippen LogP contribution in [0.2, 0.25) is 0 Å². The number of hydrogen-bond donors (Lipinski definition) is 1. The van der Waals surface area contributed by atoms with E-state index in [0.29, 0.717) is 0 Å². The molecule has 2 heterocycles. The topological polar surface area (TPSA) is 46.0 Å². The molecule has 0 bridgehead atoms. The molecular weight excluding hydrogens is 262 g/mol. The second-order valence-electron chi connectivity index (χ2n) is 5.65. The molecule has 21 heavy (non-hydrogen) atoms. The first kappa shape index (κ1) is 14.2. The van der Waals surface area contributed by atoms with Crippen molar-refractivity contribution < 1.29 is 0 Å². The Hall–Kier alpha value is -1.72. The van der Waals surface area contributed by atoms with Crippen molar-refractivity contribution in [2.24, 2.45) is 0 Å². The van der Waals surface area contributed by atoms with Crippen LogP contribution in [-0.2, 0) is 26.2 Å². The number of hydrogen-bond acceptors (Lipinski definition) is 4. The average molecular weight is 285 g/mol. The fourth-order valence-corrected chi connectivity index (χ4v) is 2.76. The summed E-state index contributed by atoms with van der Waals surface area (Å²) in [6, 6.07) is 8.87. The summed E-state index contributed by atoms with van der Waals surface area (Å²) in [5, 5.41) is 11.6. The van der Waals surface area contributed by atoms with Gasteiger partial charge in [0.25, 0.3) is 0 Å². The first-order valence-electron chi connectivity index (χ1n) is 7.72. The highest BCUT2D eigenvalue weighted by Crippen LogP contribution is 2.14. The Labute approximate surface area is 126 Å². The predicted molar refractivity (Wildman–Crippen MR) is 82.6 cm³/mol. The van der Waals surface area contributed by atoms with Crippen LogP contribution in [-0.4, -0.2) is 32.8 Å². The Balaban J connectivity index is 1.59. The third-order valence-corrected chi connectivity index (χ3v) is 3.87. The van der Waals surface area contributed by atoms with E-state index in [4.69, 9.17) is 0 Å². The summed E-state index contributed by atoms with van der Waals surface area (Å²) in [4.78, 5) is 2.43. The van der Waals surface area contributed by atoms with E-state index in [9.17, 15) is 0 Å². The molecule has 0 aliphatic carbocycles. The molecule has 0 saturated carbocycles. The van der Waals surface area contributed by atoms with Gasteiger partial charge in [-0.1, -0.05) is 31.2 Å². The van der Waals surface area contributed by atoms with Gasteiger partial charge in [-0.2, -0.15) is 0 Å². The van der Waals surface area contributed by atoms with Gasteiger partial charge in [0.1, 0.15) is 12.2 Å². The van der Waals surface area contributed by atoms with Gasteiger partial charge in [-0.15, -0.1) is 10.2 Å². The van der Waals surface area contributed by atoms with E-state index < -0.39 is 0 Å². The first-order chi connectivity index (χ1) is 10.3. The molecule has 0 unspecified atom stereocenters. The number of fused-ring (bicyclic) bond motifs is 1. The second-order valence-corrected chi connectivity index (χ2v) is 5.65. The SMILES string of the molecule is CCCNCc1cccc(CN2CCn3cnnc3C2)c1. The summed E-state index contributed by atoms with van der Waals surface area (Å²) in [5.41, 5.74) is 2.74. The normalized spacial score (nSPS) is 15.1. The zero-order valence-corrected chi connectivity index (χ0v) is 12.6. The quantitative estimate of drug-likeness (QED) is 0.822. The zero-order valence-electron chi connectivity index (χ0n) is 12.6. The Kier molecular flexibility index (Phi) is 4.62. The maximum Gasteiger partial charge on any atom is 0.147 e. The van der Waals surface area contributed by atoms with Gasteiger partial charge in [-0.25, -0.2) is 0 Å². The fourth-order valence-electron chi connectivity index (χ4n) is 2.76. The van der Waals surface area contributed by atoms with Crippen LogP contribution in [0.1, 0.15) is 30.3 Å². The predicted octanol–water partition coefficient (Wildman–Crippen LogP) is 1.79. The van der Waals surface area contributed by atoms with Crippen LogP contribution in [0.4, 0.5) is 0 Å². The van der Waals surface area contributed by atoms with Crippen molar-refractivity contribution in [3.63, 3.8) is 0 Å². The third-order valence-electron chi connectivity index (χ3n) is 3.87. The molecule has 0 fully saturated rings. The van der Waals surface area contributed by atoms with Crippen LogP contribution in [0.5, 0.6) is 0 Å². The van der Waals surface area contributed by atoms with E-state index in [2.05, 4.69) is 56.2 Å². The van der Waals surface area contributed by atoms with Gasteiger partial charge in [0, 0.05) is 26.2 Å². The molecule has 112 valence electrons. The molecule has 1 aromatic heterocycles. The largest absolute Gasteiger partial charge is 0.315 e. The van der Waals surface area contributed by atoms with E-state index in [1.54, 1.807) is 0 Å². The van der Waals surface area contributed by atoms with Gasteiger partial charge in [-0.3, -0.25) is 4.90 Å². The lowest BCUT2D eigenvalue weighted by Gasteiger charge is -2.27. The molecule has 0 radical (unpaired) electrons. The number of benzene rings is 1. The summed E-state index contributed by atoms with van der Waals surface area (Å²) in [6.07, 6.45) is 3.00. The summed E-state index contributed by atoms with van der Waals surface area (Å²) >= 11 is 0. The van der Waals surface area contributed by atoms with Crippen molar-refractivity contribution in [3.8, 4) is 0 Å². The molecule has 1 aliphatic rings.